The van der Waals surface area contributed by atoms with Crippen molar-refractivity contribution in [2.24, 2.45) is 0 Å². The molecule has 82 valence electrons. The highest BCUT2D eigenvalue weighted by Crippen LogP contribution is 2.11. The molecule has 0 atom stereocenters. The predicted molar refractivity (Wildman–Crippen MR) is 63.6 cm³/mol. The van der Waals surface area contributed by atoms with Crippen LogP contribution in [-0.2, 0) is 4.79 Å². The van der Waals surface area contributed by atoms with Crippen molar-refractivity contribution < 1.29 is 4.79 Å². The van der Waals surface area contributed by atoms with Crippen molar-refractivity contribution in [2.45, 2.75) is 13.8 Å². The third-order valence-electron chi connectivity index (χ3n) is 2.16. The number of hydrogen-bond donors (Lipinski definition) is 1. The Labute approximate surface area is 95.4 Å². The predicted octanol–water partition coefficient (Wildman–Crippen LogP) is 2.02. The minimum Gasteiger partial charge on any atom is -0.353 e. The highest BCUT2D eigenvalue weighted by molar-refractivity contribution is 5.73. The number of benzene rings is 1. The number of aryl methyl sites for hydroxylation is 1. The summed E-state index contributed by atoms with van der Waals surface area (Å²) in [5.74, 6) is -0.0497. The number of carbonyl (C=O) groups is 1. The molecule has 3 heteroatoms. The molecule has 1 amide bonds. The average Bonchev–Trinajstić information content (AvgIpc) is 2.26. The van der Waals surface area contributed by atoms with Gasteiger partial charge in [0.1, 0.15) is 0 Å². The number of rotatable bonds is 3. The lowest BCUT2D eigenvalue weighted by atomic mass is 10.1. The summed E-state index contributed by atoms with van der Waals surface area (Å²) in [6, 6.07) is 7.83. The Bertz CT molecular complexity index is 455. The van der Waals surface area contributed by atoms with Gasteiger partial charge in [-0.25, -0.2) is 0 Å². The summed E-state index contributed by atoms with van der Waals surface area (Å²) < 4.78 is 0. The van der Waals surface area contributed by atoms with Crippen molar-refractivity contribution in [2.75, 3.05) is 6.54 Å². The zero-order valence-corrected chi connectivity index (χ0v) is 9.45. The molecule has 0 aliphatic rings. The topological polar surface area (TPSA) is 52.9 Å². The first-order valence-electron chi connectivity index (χ1n) is 5.05. The van der Waals surface area contributed by atoms with Crippen LogP contribution in [0.5, 0.6) is 0 Å². The zero-order chi connectivity index (χ0) is 12.0. The van der Waals surface area contributed by atoms with E-state index in [0.29, 0.717) is 12.1 Å². The molecule has 1 aromatic rings. The molecular formula is C13H14N2O. The van der Waals surface area contributed by atoms with Crippen LogP contribution in [-0.4, -0.2) is 12.5 Å². The van der Waals surface area contributed by atoms with Crippen molar-refractivity contribution in [3.63, 3.8) is 0 Å². The zero-order valence-electron chi connectivity index (χ0n) is 9.45. The molecule has 0 radical (unpaired) electrons. The van der Waals surface area contributed by atoms with Crippen LogP contribution in [0.1, 0.15) is 23.6 Å². The Hall–Kier alpha value is -2.08. The molecule has 0 aliphatic heterocycles. The molecule has 0 aliphatic carbocycles. The molecule has 1 aromatic carbocycles. The van der Waals surface area contributed by atoms with Gasteiger partial charge in [0.15, 0.2) is 0 Å². The maximum Gasteiger partial charge on any atom is 0.217 e. The first-order chi connectivity index (χ1) is 7.63. The SMILES string of the molecule is CC(=O)NCC=Cc1ccc(C)c(C#N)c1. The number of nitrogens with zero attached hydrogens (tertiary/aromatic N) is 1. The third kappa shape index (κ3) is 3.58. The van der Waals surface area contributed by atoms with Crippen LogP contribution in [0, 0.1) is 18.3 Å². The van der Waals surface area contributed by atoms with Gasteiger partial charge in [0.05, 0.1) is 11.6 Å². The molecule has 0 bridgehead atoms. The molecule has 0 unspecified atom stereocenters. The van der Waals surface area contributed by atoms with Gasteiger partial charge in [-0.05, 0) is 24.1 Å². The van der Waals surface area contributed by atoms with Crippen LogP contribution in [0.25, 0.3) is 6.08 Å². The number of amides is 1. The number of hydrogen-bond acceptors (Lipinski definition) is 2. The summed E-state index contributed by atoms with van der Waals surface area (Å²) in [7, 11) is 0. The quantitative estimate of drug-likeness (QED) is 0.836. The lowest BCUT2D eigenvalue weighted by Crippen LogP contribution is -2.19. The molecule has 3 nitrogen and oxygen atoms in total. The Morgan fingerprint density at radius 2 is 2.31 bits per heavy atom. The molecular weight excluding hydrogens is 200 g/mol. The Morgan fingerprint density at radius 3 is 2.94 bits per heavy atom. The van der Waals surface area contributed by atoms with Crippen LogP contribution in [0.4, 0.5) is 0 Å². The van der Waals surface area contributed by atoms with E-state index in [1.54, 1.807) is 0 Å². The molecule has 0 aromatic heterocycles. The maximum atomic E-state index is 10.6. The van der Waals surface area contributed by atoms with E-state index in [1.807, 2.05) is 37.3 Å². The summed E-state index contributed by atoms with van der Waals surface area (Å²) in [6.45, 7) is 3.89. The Balaban J connectivity index is 2.68. The third-order valence-corrected chi connectivity index (χ3v) is 2.16. The Kier molecular flexibility index (Phi) is 4.28. The normalized spacial score (nSPS) is 10.1. The van der Waals surface area contributed by atoms with Crippen LogP contribution >= 0.6 is 0 Å². The van der Waals surface area contributed by atoms with Crippen molar-refractivity contribution in [1.29, 1.82) is 5.26 Å². The fourth-order valence-corrected chi connectivity index (χ4v) is 1.26. The van der Waals surface area contributed by atoms with Crippen LogP contribution in [0.2, 0.25) is 0 Å². The van der Waals surface area contributed by atoms with E-state index < -0.39 is 0 Å². The standard InChI is InChI=1S/C13H14N2O/c1-10-5-6-12(8-13(10)9-14)4-3-7-15-11(2)16/h3-6,8H,7H2,1-2H3,(H,15,16). The number of nitriles is 1. The van der Waals surface area contributed by atoms with Gasteiger partial charge in [0.25, 0.3) is 0 Å². The van der Waals surface area contributed by atoms with E-state index >= 15 is 0 Å². The summed E-state index contributed by atoms with van der Waals surface area (Å²) in [6.07, 6.45) is 3.74. The van der Waals surface area contributed by atoms with Crippen molar-refractivity contribution >= 4 is 12.0 Å². The van der Waals surface area contributed by atoms with Gasteiger partial charge in [-0.3, -0.25) is 4.79 Å². The minimum absolute atomic E-state index is 0.0497. The van der Waals surface area contributed by atoms with Crippen molar-refractivity contribution in [3.8, 4) is 6.07 Å². The first kappa shape index (κ1) is 12.0. The smallest absolute Gasteiger partial charge is 0.217 e. The fourth-order valence-electron chi connectivity index (χ4n) is 1.26. The average molecular weight is 214 g/mol. The molecule has 0 saturated carbocycles. The molecule has 0 fully saturated rings. The number of carbonyl (C=O) groups excluding carboxylic acids is 1. The van der Waals surface area contributed by atoms with E-state index in [1.165, 1.54) is 6.92 Å². The van der Waals surface area contributed by atoms with Gasteiger partial charge in [-0.2, -0.15) is 5.26 Å². The van der Waals surface area contributed by atoms with Gasteiger partial charge in [-0.15, -0.1) is 0 Å². The highest BCUT2D eigenvalue weighted by atomic mass is 16.1. The second-order valence-electron chi connectivity index (χ2n) is 3.53. The van der Waals surface area contributed by atoms with E-state index in [-0.39, 0.29) is 5.91 Å². The van der Waals surface area contributed by atoms with E-state index in [0.717, 1.165) is 11.1 Å². The number of nitrogens with one attached hydrogen (secondary N) is 1. The fraction of sp³-hybridized carbons (Fsp3) is 0.231. The molecule has 0 spiro atoms. The second kappa shape index (κ2) is 5.72. The Morgan fingerprint density at radius 1 is 1.56 bits per heavy atom. The molecule has 0 saturated heterocycles. The second-order valence-corrected chi connectivity index (χ2v) is 3.53. The summed E-state index contributed by atoms with van der Waals surface area (Å²) in [5, 5.41) is 11.5. The summed E-state index contributed by atoms with van der Waals surface area (Å²) >= 11 is 0. The minimum atomic E-state index is -0.0497. The molecule has 16 heavy (non-hydrogen) atoms. The van der Waals surface area contributed by atoms with Crippen LogP contribution in [0.15, 0.2) is 24.3 Å². The molecule has 1 N–H and O–H groups in total. The largest absolute Gasteiger partial charge is 0.353 e. The van der Waals surface area contributed by atoms with Crippen LogP contribution < -0.4 is 5.32 Å². The monoisotopic (exact) mass is 214 g/mol. The maximum absolute atomic E-state index is 10.6. The highest BCUT2D eigenvalue weighted by Gasteiger charge is 1.96. The first-order valence-corrected chi connectivity index (χ1v) is 5.05. The van der Waals surface area contributed by atoms with Gasteiger partial charge >= 0.3 is 0 Å². The molecule has 1 rings (SSSR count). The van der Waals surface area contributed by atoms with Gasteiger partial charge in [0.2, 0.25) is 5.91 Å². The lowest BCUT2D eigenvalue weighted by Gasteiger charge is -1.99. The summed E-state index contributed by atoms with van der Waals surface area (Å²) in [4.78, 5) is 10.6. The van der Waals surface area contributed by atoms with Crippen LogP contribution in [0.3, 0.4) is 0 Å². The van der Waals surface area contributed by atoms with E-state index in [2.05, 4.69) is 11.4 Å². The van der Waals surface area contributed by atoms with E-state index in [4.69, 9.17) is 5.26 Å². The van der Waals surface area contributed by atoms with Crippen molar-refractivity contribution in [1.82, 2.24) is 5.32 Å². The van der Waals surface area contributed by atoms with Gasteiger partial charge in [-0.1, -0.05) is 24.3 Å². The lowest BCUT2D eigenvalue weighted by molar-refractivity contribution is -0.118. The van der Waals surface area contributed by atoms with Gasteiger partial charge in [0, 0.05) is 13.5 Å². The van der Waals surface area contributed by atoms with Gasteiger partial charge < -0.3 is 5.32 Å². The van der Waals surface area contributed by atoms with Crippen molar-refractivity contribution in [3.05, 3.63) is 41.0 Å². The molecule has 0 heterocycles. The summed E-state index contributed by atoms with van der Waals surface area (Å²) in [5.41, 5.74) is 2.62. The van der Waals surface area contributed by atoms with E-state index in [9.17, 15) is 4.79 Å².